The summed E-state index contributed by atoms with van der Waals surface area (Å²) in [7, 11) is -3.21. The van der Waals surface area contributed by atoms with Crippen molar-refractivity contribution >= 4 is 15.8 Å². The summed E-state index contributed by atoms with van der Waals surface area (Å²) < 4.78 is 29.4. The van der Waals surface area contributed by atoms with Gasteiger partial charge in [-0.3, -0.25) is 4.99 Å². The highest BCUT2D eigenvalue weighted by atomic mass is 32.2. The Morgan fingerprint density at radius 1 is 1.11 bits per heavy atom. The molecule has 27 heavy (non-hydrogen) atoms. The monoisotopic (exact) mass is 393 g/mol. The molecule has 0 spiro atoms. The molecule has 2 N–H and O–H groups in total. The van der Waals surface area contributed by atoms with Gasteiger partial charge in [-0.2, -0.15) is 0 Å². The van der Waals surface area contributed by atoms with E-state index in [9.17, 15) is 8.42 Å². The highest BCUT2D eigenvalue weighted by Gasteiger charge is 2.44. The summed E-state index contributed by atoms with van der Waals surface area (Å²) in [5, 5.41) is 6.70. The predicted molar refractivity (Wildman–Crippen MR) is 109 cm³/mol. The van der Waals surface area contributed by atoms with E-state index in [1.165, 1.54) is 11.8 Å². The molecule has 1 aliphatic heterocycles. The Labute approximate surface area is 162 Å². The summed E-state index contributed by atoms with van der Waals surface area (Å²) >= 11 is 0. The van der Waals surface area contributed by atoms with Crippen molar-refractivity contribution in [2.45, 2.75) is 42.8 Å². The number of ether oxygens (including phenoxy) is 1. The Morgan fingerprint density at radius 2 is 1.78 bits per heavy atom. The van der Waals surface area contributed by atoms with Gasteiger partial charge < -0.3 is 15.4 Å². The molecule has 2 fully saturated rings. The molecule has 1 aromatic carbocycles. The van der Waals surface area contributed by atoms with Crippen molar-refractivity contribution in [1.82, 2.24) is 10.6 Å². The lowest BCUT2D eigenvalue weighted by molar-refractivity contribution is 0.0768. The number of nitrogens with zero attached hydrogens (tertiary/aromatic N) is 1. The number of benzene rings is 1. The van der Waals surface area contributed by atoms with Gasteiger partial charge in [0.2, 0.25) is 0 Å². The van der Waals surface area contributed by atoms with Crippen molar-refractivity contribution in [3.05, 3.63) is 35.9 Å². The van der Waals surface area contributed by atoms with Gasteiger partial charge in [0.1, 0.15) is 0 Å². The van der Waals surface area contributed by atoms with Gasteiger partial charge in [-0.05, 0) is 38.2 Å². The summed E-state index contributed by atoms with van der Waals surface area (Å²) in [5.74, 6) is 0.689. The molecule has 0 amide bonds. The lowest BCUT2D eigenvalue weighted by atomic mass is 9.96. The third-order valence-electron chi connectivity index (χ3n) is 5.89. The molecule has 1 heterocycles. The molecule has 1 saturated carbocycles. The van der Waals surface area contributed by atoms with E-state index < -0.39 is 14.6 Å². The maximum Gasteiger partial charge on any atom is 0.191 e. The zero-order valence-corrected chi connectivity index (χ0v) is 17.1. The quantitative estimate of drug-likeness (QED) is 0.546. The molecule has 0 atom stereocenters. The van der Waals surface area contributed by atoms with Gasteiger partial charge in [0.05, 0.1) is 11.3 Å². The molecular formula is C20H31N3O3S. The minimum Gasteiger partial charge on any atom is -0.381 e. The van der Waals surface area contributed by atoms with Crippen LogP contribution in [0.25, 0.3) is 0 Å². The number of nitrogens with one attached hydrogen (secondary N) is 2. The molecule has 0 unspecified atom stereocenters. The van der Waals surface area contributed by atoms with E-state index >= 15 is 0 Å². The first-order chi connectivity index (χ1) is 12.9. The molecule has 0 bridgehead atoms. The first-order valence-electron chi connectivity index (χ1n) is 9.76. The average molecular weight is 394 g/mol. The molecule has 1 aromatic rings. The van der Waals surface area contributed by atoms with Crippen molar-refractivity contribution in [3.8, 4) is 0 Å². The van der Waals surface area contributed by atoms with E-state index in [0.29, 0.717) is 32.0 Å². The number of hydrogen-bond acceptors (Lipinski definition) is 4. The van der Waals surface area contributed by atoms with Gasteiger partial charge in [0, 0.05) is 38.0 Å². The van der Waals surface area contributed by atoms with Crippen molar-refractivity contribution < 1.29 is 13.2 Å². The van der Waals surface area contributed by atoms with Crippen LogP contribution in [0.4, 0.5) is 0 Å². The van der Waals surface area contributed by atoms with Gasteiger partial charge in [-0.25, -0.2) is 8.42 Å². The van der Waals surface area contributed by atoms with Crippen LogP contribution in [-0.2, 0) is 20.0 Å². The van der Waals surface area contributed by atoms with Gasteiger partial charge in [-0.15, -0.1) is 0 Å². The zero-order chi connectivity index (χ0) is 19.4. The van der Waals surface area contributed by atoms with Gasteiger partial charge in [0.15, 0.2) is 15.8 Å². The Hall–Kier alpha value is -1.60. The van der Waals surface area contributed by atoms with Crippen LogP contribution < -0.4 is 10.6 Å². The van der Waals surface area contributed by atoms with E-state index in [1.54, 1.807) is 0 Å². The molecule has 0 aromatic heterocycles. The van der Waals surface area contributed by atoms with Gasteiger partial charge in [-0.1, -0.05) is 30.3 Å². The first-order valence-corrected chi connectivity index (χ1v) is 11.7. The average Bonchev–Trinajstić information content (AvgIpc) is 3.46. The highest BCUT2D eigenvalue weighted by molar-refractivity contribution is 7.92. The fraction of sp³-hybridized carbons (Fsp3) is 0.650. The lowest BCUT2D eigenvalue weighted by Crippen LogP contribution is -2.48. The molecular weight excluding hydrogens is 362 g/mol. The number of aliphatic imine (C=N–C) groups is 1. The van der Waals surface area contributed by atoms with Crippen LogP contribution in [-0.4, -0.2) is 58.2 Å². The number of sulfone groups is 1. The summed E-state index contributed by atoms with van der Waals surface area (Å²) in [6.45, 7) is 4.77. The molecule has 2 aliphatic rings. The maximum atomic E-state index is 12.4. The minimum absolute atomic E-state index is 0.171. The summed E-state index contributed by atoms with van der Waals surface area (Å²) in [6.07, 6.45) is 4.65. The standard InChI is InChI=1S/C20H31N3O3S/c1-3-21-18(22-15-19(9-10-19)17-7-5-4-6-8-17)23-16-20(27(2,24)25)11-13-26-14-12-20/h4-8H,3,9-16H2,1-2H3,(H2,21,22,23). The van der Waals surface area contributed by atoms with E-state index in [4.69, 9.17) is 4.74 Å². The summed E-state index contributed by atoms with van der Waals surface area (Å²) in [5.41, 5.74) is 1.52. The molecule has 150 valence electrons. The van der Waals surface area contributed by atoms with Crippen molar-refractivity contribution in [1.29, 1.82) is 0 Å². The van der Waals surface area contributed by atoms with Crippen molar-refractivity contribution in [2.75, 3.05) is 39.1 Å². The number of hydrogen-bond donors (Lipinski definition) is 2. The summed E-state index contributed by atoms with van der Waals surface area (Å²) in [4.78, 5) is 4.66. The van der Waals surface area contributed by atoms with Crippen LogP contribution in [0.2, 0.25) is 0 Å². The molecule has 0 radical (unpaired) electrons. The Kier molecular flexibility index (Phi) is 6.11. The summed E-state index contributed by atoms with van der Waals surface area (Å²) in [6, 6.07) is 10.6. The van der Waals surface area contributed by atoms with Crippen molar-refractivity contribution in [2.24, 2.45) is 4.99 Å². The van der Waals surface area contributed by atoms with E-state index in [0.717, 1.165) is 25.9 Å². The zero-order valence-electron chi connectivity index (χ0n) is 16.3. The first kappa shape index (κ1) is 20.1. The second kappa shape index (κ2) is 8.19. The minimum atomic E-state index is -3.21. The van der Waals surface area contributed by atoms with Crippen LogP contribution in [0, 0.1) is 0 Å². The SMILES string of the molecule is CCNC(=NCC1(S(C)(=O)=O)CCOCC1)NCC1(c2ccccc2)CC1. The number of guanidine groups is 1. The Bertz CT molecular complexity index is 752. The Morgan fingerprint density at radius 3 is 2.33 bits per heavy atom. The van der Waals surface area contributed by atoms with E-state index in [2.05, 4.69) is 39.9 Å². The molecule has 3 rings (SSSR count). The van der Waals surface area contributed by atoms with Crippen LogP contribution in [0.5, 0.6) is 0 Å². The normalized spacial score (nSPS) is 21.5. The van der Waals surface area contributed by atoms with E-state index in [1.807, 2.05) is 13.0 Å². The van der Waals surface area contributed by atoms with Crippen molar-refractivity contribution in [3.63, 3.8) is 0 Å². The van der Waals surface area contributed by atoms with Gasteiger partial charge in [0.25, 0.3) is 0 Å². The third-order valence-corrected chi connectivity index (χ3v) is 8.00. The third kappa shape index (κ3) is 4.63. The van der Waals surface area contributed by atoms with Crippen LogP contribution in [0.1, 0.15) is 38.2 Å². The lowest BCUT2D eigenvalue weighted by Gasteiger charge is -2.34. The fourth-order valence-electron chi connectivity index (χ4n) is 3.72. The fourth-order valence-corrected chi connectivity index (χ4v) is 4.92. The Balaban J connectivity index is 1.69. The van der Waals surface area contributed by atoms with Crippen LogP contribution in [0.3, 0.4) is 0 Å². The molecule has 7 heteroatoms. The van der Waals surface area contributed by atoms with Crippen LogP contribution in [0.15, 0.2) is 35.3 Å². The second-order valence-corrected chi connectivity index (χ2v) is 10.2. The van der Waals surface area contributed by atoms with Crippen LogP contribution >= 0.6 is 0 Å². The predicted octanol–water partition coefficient (Wildman–Crippen LogP) is 1.87. The van der Waals surface area contributed by atoms with Gasteiger partial charge >= 0.3 is 0 Å². The second-order valence-electron chi connectivity index (χ2n) is 7.76. The highest BCUT2D eigenvalue weighted by Crippen LogP contribution is 2.47. The molecule has 1 saturated heterocycles. The smallest absolute Gasteiger partial charge is 0.191 e. The molecule has 1 aliphatic carbocycles. The molecule has 6 nitrogen and oxygen atoms in total. The maximum absolute atomic E-state index is 12.4. The topological polar surface area (TPSA) is 79.8 Å². The number of rotatable bonds is 7. The largest absolute Gasteiger partial charge is 0.381 e. The van der Waals surface area contributed by atoms with E-state index in [-0.39, 0.29) is 12.0 Å².